The van der Waals surface area contributed by atoms with Crippen LogP contribution in [0.2, 0.25) is 0 Å². The summed E-state index contributed by atoms with van der Waals surface area (Å²) in [6.07, 6.45) is 1.50. The molecule has 5 nitrogen and oxygen atoms in total. The van der Waals surface area contributed by atoms with Crippen molar-refractivity contribution in [3.63, 3.8) is 0 Å². The van der Waals surface area contributed by atoms with E-state index in [1.807, 2.05) is 0 Å². The molecule has 1 heterocycles. The Morgan fingerprint density at radius 2 is 1.81 bits per heavy atom. The van der Waals surface area contributed by atoms with E-state index in [-0.39, 0.29) is 18.7 Å². The molecule has 27 heavy (non-hydrogen) atoms. The van der Waals surface area contributed by atoms with Crippen molar-refractivity contribution in [2.45, 2.75) is 68.2 Å². The van der Waals surface area contributed by atoms with E-state index in [1.54, 1.807) is 0 Å². The average Bonchev–Trinajstić information content (AvgIpc) is 3.14. The van der Waals surface area contributed by atoms with Gasteiger partial charge in [-0.05, 0) is 43.9 Å². The molecule has 1 aliphatic carbocycles. The van der Waals surface area contributed by atoms with Crippen molar-refractivity contribution >= 4 is 15.7 Å². The first-order chi connectivity index (χ1) is 12.8. The van der Waals surface area contributed by atoms with Gasteiger partial charge in [-0.1, -0.05) is 19.3 Å². The summed E-state index contributed by atoms with van der Waals surface area (Å²) in [5.74, 6) is 0. The third kappa shape index (κ3) is 5.36. The highest BCUT2D eigenvalue weighted by molar-refractivity contribution is 7.89. The van der Waals surface area contributed by atoms with Crippen LogP contribution >= 0.6 is 0 Å². The maximum Gasteiger partial charge on any atom is 0.417 e. The summed E-state index contributed by atoms with van der Waals surface area (Å²) in [5, 5.41) is 3.11. The van der Waals surface area contributed by atoms with Gasteiger partial charge >= 0.3 is 6.18 Å². The van der Waals surface area contributed by atoms with Crippen molar-refractivity contribution in [1.82, 2.24) is 4.72 Å². The van der Waals surface area contributed by atoms with Gasteiger partial charge in [0.25, 0.3) is 0 Å². The summed E-state index contributed by atoms with van der Waals surface area (Å²) >= 11 is 0. The number of halogens is 3. The van der Waals surface area contributed by atoms with Gasteiger partial charge < -0.3 is 10.1 Å². The van der Waals surface area contributed by atoms with E-state index in [9.17, 15) is 21.6 Å². The van der Waals surface area contributed by atoms with Crippen LogP contribution in [0.1, 0.15) is 50.5 Å². The number of ether oxygens (including phenoxy) is 1. The Bertz CT molecular complexity index is 741. The first kappa shape index (κ1) is 20.4. The Morgan fingerprint density at radius 3 is 2.44 bits per heavy atom. The lowest BCUT2D eigenvalue weighted by atomic mass is 9.95. The van der Waals surface area contributed by atoms with E-state index < -0.39 is 26.7 Å². The molecule has 9 heteroatoms. The molecule has 1 aromatic rings. The third-order valence-electron chi connectivity index (χ3n) is 5.08. The fraction of sp³-hybridized carbons (Fsp3) is 0.667. The zero-order valence-corrected chi connectivity index (χ0v) is 15.8. The topological polar surface area (TPSA) is 67.4 Å². The monoisotopic (exact) mass is 406 g/mol. The molecule has 152 valence electrons. The maximum atomic E-state index is 13.5. The molecule has 3 rings (SSSR count). The Kier molecular flexibility index (Phi) is 6.32. The van der Waals surface area contributed by atoms with Crippen LogP contribution in [0.3, 0.4) is 0 Å². The number of anilines is 1. The zero-order valence-electron chi connectivity index (χ0n) is 15.0. The van der Waals surface area contributed by atoms with Gasteiger partial charge in [-0.15, -0.1) is 0 Å². The predicted molar refractivity (Wildman–Crippen MR) is 96.1 cm³/mol. The molecule has 1 aromatic carbocycles. The first-order valence-electron chi connectivity index (χ1n) is 9.35. The van der Waals surface area contributed by atoms with Crippen LogP contribution in [0.15, 0.2) is 23.1 Å². The third-order valence-corrected chi connectivity index (χ3v) is 6.56. The number of hydrogen-bond acceptors (Lipinski definition) is 4. The SMILES string of the molecule is O=S(=O)(NCC1CCCO1)c1ccc(NC2CCCCC2)cc1C(F)(F)F. The van der Waals surface area contributed by atoms with Crippen LogP contribution in [0.5, 0.6) is 0 Å². The van der Waals surface area contributed by atoms with Gasteiger partial charge in [0.15, 0.2) is 0 Å². The van der Waals surface area contributed by atoms with Crippen LogP contribution in [-0.2, 0) is 20.9 Å². The quantitative estimate of drug-likeness (QED) is 0.752. The molecular weight excluding hydrogens is 381 g/mol. The van der Waals surface area contributed by atoms with E-state index in [0.717, 1.165) is 50.7 Å². The Labute approximate surface area is 157 Å². The standard InChI is InChI=1S/C18H25F3N2O3S/c19-18(20,21)16-11-14(23-13-5-2-1-3-6-13)8-9-17(16)27(24,25)22-12-15-7-4-10-26-15/h8-9,11,13,15,22-23H,1-7,10,12H2. The Hall–Kier alpha value is -1.32. The van der Waals surface area contributed by atoms with Crippen molar-refractivity contribution in [3.8, 4) is 0 Å². The normalized spacial score (nSPS) is 22.1. The fourth-order valence-electron chi connectivity index (χ4n) is 3.64. The second-order valence-corrected chi connectivity index (χ2v) is 8.91. The van der Waals surface area contributed by atoms with Gasteiger partial charge in [0, 0.05) is 24.9 Å². The number of hydrogen-bond donors (Lipinski definition) is 2. The number of benzene rings is 1. The summed E-state index contributed by atoms with van der Waals surface area (Å²) in [5.41, 5.74) is -0.851. The van der Waals surface area contributed by atoms with Gasteiger partial charge in [-0.25, -0.2) is 13.1 Å². The molecule has 1 unspecified atom stereocenters. The highest BCUT2D eigenvalue weighted by atomic mass is 32.2. The predicted octanol–water partition coefficient (Wildman–Crippen LogP) is 3.91. The molecule has 0 spiro atoms. The molecule has 1 aliphatic heterocycles. The lowest BCUT2D eigenvalue weighted by Crippen LogP contribution is -2.33. The first-order valence-corrected chi connectivity index (χ1v) is 10.8. The average molecular weight is 406 g/mol. The molecule has 1 saturated carbocycles. The van der Waals surface area contributed by atoms with Crippen molar-refractivity contribution < 1.29 is 26.3 Å². The van der Waals surface area contributed by atoms with E-state index in [4.69, 9.17) is 4.74 Å². The molecule has 2 aliphatic rings. The number of rotatable bonds is 6. The summed E-state index contributed by atoms with van der Waals surface area (Å²) in [7, 11) is -4.29. The maximum absolute atomic E-state index is 13.5. The minimum absolute atomic E-state index is 0.0261. The molecule has 2 N–H and O–H groups in total. The molecule has 1 saturated heterocycles. The van der Waals surface area contributed by atoms with Crippen molar-refractivity contribution in [1.29, 1.82) is 0 Å². The van der Waals surface area contributed by atoms with Gasteiger partial charge in [-0.3, -0.25) is 0 Å². The van der Waals surface area contributed by atoms with Crippen molar-refractivity contribution in [2.24, 2.45) is 0 Å². The fourth-order valence-corrected chi connectivity index (χ4v) is 4.92. The van der Waals surface area contributed by atoms with Gasteiger partial charge in [-0.2, -0.15) is 13.2 Å². The van der Waals surface area contributed by atoms with E-state index in [0.29, 0.717) is 18.7 Å². The lowest BCUT2D eigenvalue weighted by Gasteiger charge is -2.24. The summed E-state index contributed by atoms with van der Waals surface area (Å²) in [6.45, 7) is 0.517. The molecular formula is C18H25F3N2O3S. The van der Waals surface area contributed by atoms with Crippen LogP contribution < -0.4 is 10.0 Å². The van der Waals surface area contributed by atoms with Gasteiger partial charge in [0.1, 0.15) is 0 Å². The highest BCUT2D eigenvalue weighted by Crippen LogP contribution is 2.36. The molecule has 2 fully saturated rings. The summed E-state index contributed by atoms with van der Waals surface area (Å²) < 4.78 is 73.1. The highest BCUT2D eigenvalue weighted by Gasteiger charge is 2.38. The smallest absolute Gasteiger partial charge is 0.382 e. The van der Waals surface area contributed by atoms with Crippen LogP contribution in [0.25, 0.3) is 0 Å². The number of nitrogens with one attached hydrogen (secondary N) is 2. The Morgan fingerprint density at radius 1 is 1.07 bits per heavy atom. The van der Waals surface area contributed by atoms with Crippen LogP contribution in [0.4, 0.5) is 18.9 Å². The second kappa shape index (κ2) is 8.36. The van der Waals surface area contributed by atoms with Gasteiger partial charge in [0.05, 0.1) is 16.6 Å². The molecule has 0 bridgehead atoms. The van der Waals surface area contributed by atoms with Gasteiger partial charge in [0.2, 0.25) is 10.0 Å². The minimum atomic E-state index is -4.77. The van der Waals surface area contributed by atoms with Crippen molar-refractivity contribution in [3.05, 3.63) is 23.8 Å². The molecule has 0 aromatic heterocycles. The molecule has 0 radical (unpaired) electrons. The zero-order chi connectivity index (χ0) is 19.5. The minimum Gasteiger partial charge on any atom is -0.382 e. The second-order valence-electron chi connectivity index (χ2n) is 7.17. The van der Waals surface area contributed by atoms with E-state index in [2.05, 4.69) is 10.0 Å². The largest absolute Gasteiger partial charge is 0.417 e. The summed E-state index contributed by atoms with van der Waals surface area (Å²) in [6, 6.07) is 3.46. The lowest BCUT2D eigenvalue weighted by molar-refractivity contribution is -0.139. The van der Waals surface area contributed by atoms with E-state index in [1.165, 1.54) is 6.07 Å². The van der Waals surface area contributed by atoms with E-state index >= 15 is 0 Å². The van der Waals surface area contributed by atoms with Crippen LogP contribution in [0, 0.1) is 0 Å². The number of sulfonamides is 1. The molecule has 1 atom stereocenters. The van der Waals surface area contributed by atoms with Crippen molar-refractivity contribution in [2.75, 3.05) is 18.5 Å². The Balaban J connectivity index is 1.80. The van der Waals surface area contributed by atoms with Crippen LogP contribution in [-0.4, -0.2) is 33.7 Å². The summed E-state index contributed by atoms with van der Waals surface area (Å²) in [4.78, 5) is -0.748. The molecule has 0 amide bonds. The number of alkyl halides is 3.